The van der Waals surface area contributed by atoms with Crippen LogP contribution in [0.25, 0.3) is 10.2 Å². The molecule has 2 aromatic carbocycles. The molecule has 1 unspecified atom stereocenters. The molecule has 0 spiro atoms. The summed E-state index contributed by atoms with van der Waals surface area (Å²) in [5, 5.41) is 0. The summed E-state index contributed by atoms with van der Waals surface area (Å²) in [5.74, 6) is 0.553. The fourth-order valence-electron chi connectivity index (χ4n) is 3.79. The van der Waals surface area contributed by atoms with Crippen molar-refractivity contribution in [1.29, 1.82) is 0 Å². The van der Waals surface area contributed by atoms with E-state index in [2.05, 4.69) is 4.99 Å². The third-order valence-electron chi connectivity index (χ3n) is 5.65. The third kappa shape index (κ3) is 4.30. The zero-order valence-corrected chi connectivity index (χ0v) is 19.8. The lowest BCUT2D eigenvalue weighted by Gasteiger charge is -2.30. The predicted molar refractivity (Wildman–Crippen MR) is 122 cm³/mol. The molecule has 0 aliphatic carbocycles. The molecule has 0 radical (unpaired) electrons. The van der Waals surface area contributed by atoms with Crippen LogP contribution in [0.15, 0.2) is 52.4 Å². The summed E-state index contributed by atoms with van der Waals surface area (Å²) in [5.41, 5.74) is 0.953. The topological polar surface area (TPSA) is 90.2 Å². The molecule has 32 heavy (non-hydrogen) atoms. The maximum atomic E-state index is 13.1. The van der Waals surface area contributed by atoms with Crippen LogP contribution in [0, 0.1) is 5.92 Å². The number of ether oxygens (including phenoxy) is 2. The Balaban J connectivity index is 1.57. The standard InChI is InChI=1S/C22H25N3O5S2/c1-24-19-11-8-17(30-3)13-20(19)31-22(24)23-21(26)15-5-4-12-25(14-15)32(27,28)18-9-6-16(29-2)7-10-18/h6-11,13,15H,4-5,12,14H2,1-3H3. The van der Waals surface area contributed by atoms with Crippen molar-refractivity contribution in [2.45, 2.75) is 17.7 Å². The molecule has 1 amide bonds. The molecule has 8 nitrogen and oxygen atoms in total. The minimum Gasteiger partial charge on any atom is -0.497 e. The number of sulfonamides is 1. The Hall–Kier alpha value is -2.69. The number of thiazole rings is 1. The molecule has 10 heteroatoms. The summed E-state index contributed by atoms with van der Waals surface area (Å²) in [6.45, 7) is 0.508. The van der Waals surface area contributed by atoms with Crippen molar-refractivity contribution in [2.75, 3.05) is 27.3 Å². The minimum atomic E-state index is -3.70. The van der Waals surface area contributed by atoms with Crippen LogP contribution in [-0.4, -0.2) is 50.5 Å². The van der Waals surface area contributed by atoms with E-state index < -0.39 is 15.9 Å². The second-order valence-corrected chi connectivity index (χ2v) is 10.6. The summed E-state index contributed by atoms with van der Waals surface area (Å²) in [4.78, 5) is 18.1. The number of hydrogen-bond donors (Lipinski definition) is 0. The highest BCUT2D eigenvalue weighted by Gasteiger charge is 2.33. The first kappa shape index (κ1) is 22.5. The lowest BCUT2D eigenvalue weighted by Crippen LogP contribution is -2.42. The fourth-order valence-corrected chi connectivity index (χ4v) is 6.37. The van der Waals surface area contributed by atoms with Crippen LogP contribution in [0.2, 0.25) is 0 Å². The van der Waals surface area contributed by atoms with Gasteiger partial charge in [0.05, 0.1) is 35.2 Å². The number of hydrogen-bond acceptors (Lipinski definition) is 6. The molecule has 1 aliphatic heterocycles. The molecule has 0 saturated carbocycles. The molecular weight excluding hydrogens is 450 g/mol. The smallest absolute Gasteiger partial charge is 0.252 e. The number of fused-ring (bicyclic) bond motifs is 1. The molecule has 1 aromatic heterocycles. The van der Waals surface area contributed by atoms with Crippen molar-refractivity contribution >= 4 is 37.5 Å². The number of nitrogens with zero attached hydrogens (tertiary/aromatic N) is 3. The summed E-state index contributed by atoms with van der Waals surface area (Å²) < 4.78 is 40.7. The van der Waals surface area contributed by atoms with E-state index >= 15 is 0 Å². The van der Waals surface area contributed by atoms with E-state index in [0.29, 0.717) is 29.9 Å². The Bertz CT molecular complexity index is 1310. The first-order valence-corrected chi connectivity index (χ1v) is 12.5. The van der Waals surface area contributed by atoms with Crippen LogP contribution in [0.4, 0.5) is 0 Å². The first-order valence-electron chi connectivity index (χ1n) is 10.2. The zero-order chi connectivity index (χ0) is 22.9. The van der Waals surface area contributed by atoms with Crippen molar-refractivity contribution in [3.8, 4) is 11.5 Å². The maximum Gasteiger partial charge on any atom is 0.252 e. The predicted octanol–water partition coefficient (Wildman–Crippen LogP) is 2.79. The van der Waals surface area contributed by atoms with Gasteiger partial charge in [0.2, 0.25) is 10.0 Å². The van der Waals surface area contributed by atoms with Gasteiger partial charge in [-0.15, -0.1) is 0 Å². The number of carbonyl (C=O) groups excluding carboxylic acids is 1. The molecule has 1 aliphatic rings. The highest BCUT2D eigenvalue weighted by molar-refractivity contribution is 7.89. The Kier molecular flexibility index (Phi) is 6.36. The molecule has 0 N–H and O–H groups in total. The molecule has 4 rings (SSSR count). The van der Waals surface area contributed by atoms with Crippen molar-refractivity contribution in [3.05, 3.63) is 47.3 Å². The van der Waals surface area contributed by atoms with Gasteiger partial charge in [0.1, 0.15) is 11.5 Å². The Morgan fingerprint density at radius 1 is 1.09 bits per heavy atom. The van der Waals surface area contributed by atoms with Gasteiger partial charge in [-0.05, 0) is 55.3 Å². The van der Waals surface area contributed by atoms with Gasteiger partial charge in [-0.25, -0.2) is 8.42 Å². The van der Waals surface area contributed by atoms with Gasteiger partial charge in [0.15, 0.2) is 4.80 Å². The van der Waals surface area contributed by atoms with E-state index in [9.17, 15) is 13.2 Å². The molecule has 170 valence electrons. The lowest BCUT2D eigenvalue weighted by molar-refractivity contribution is -0.122. The maximum absolute atomic E-state index is 13.1. The second-order valence-electron chi connectivity index (χ2n) is 7.61. The van der Waals surface area contributed by atoms with E-state index in [0.717, 1.165) is 16.0 Å². The molecular formula is C22H25N3O5S2. The van der Waals surface area contributed by atoms with Crippen LogP contribution in [-0.2, 0) is 21.9 Å². The largest absolute Gasteiger partial charge is 0.497 e. The number of benzene rings is 2. The molecule has 1 atom stereocenters. The van der Waals surface area contributed by atoms with Crippen molar-refractivity contribution in [2.24, 2.45) is 18.0 Å². The summed E-state index contributed by atoms with van der Waals surface area (Å²) in [6, 6.07) is 12.0. The van der Waals surface area contributed by atoms with E-state index in [-0.39, 0.29) is 17.3 Å². The monoisotopic (exact) mass is 475 g/mol. The van der Waals surface area contributed by atoms with Gasteiger partial charge in [-0.3, -0.25) is 4.79 Å². The average Bonchev–Trinajstić information content (AvgIpc) is 3.13. The number of carbonyl (C=O) groups is 1. The van der Waals surface area contributed by atoms with E-state index in [1.54, 1.807) is 19.2 Å². The Labute approximate surface area is 190 Å². The van der Waals surface area contributed by atoms with Gasteiger partial charge in [0.25, 0.3) is 5.91 Å². The number of aryl methyl sites for hydroxylation is 1. The number of methoxy groups -OCH3 is 2. The quantitative estimate of drug-likeness (QED) is 0.566. The molecule has 2 heterocycles. The number of piperidine rings is 1. The summed E-state index contributed by atoms with van der Waals surface area (Å²) in [7, 11) is 1.30. The van der Waals surface area contributed by atoms with Gasteiger partial charge in [-0.2, -0.15) is 9.30 Å². The molecule has 3 aromatic rings. The second kappa shape index (κ2) is 9.05. The van der Waals surface area contributed by atoms with E-state index in [1.807, 2.05) is 29.8 Å². The van der Waals surface area contributed by atoms with Gasteiger partial charge in [0, 0.05) is 20.1 Å². The van der Waals surface area contributed by atoms with Crippen LogP contribution in [0.1, 0.15) is 12.8 Å². The average molecular weight is 476 g/mol. The highest BCUT2D eigenvalue weighted by atomic mass is 32.2. The van der Waals surface area contributed by atoms with Crippen molar-refractivity contribution in [1.82, 2.24) is 8.87 Å². The van der Waals surface area contributed by atoms with Crippen molar-refractivity contribution in [3.63, 3.8) is 0 Å². The lowest BCUT2D eigenvalue weighted by atomic mass is 9.99. The number of amides is 1. The van der Waals surface area contributed by atoms with Crippen LogP contribution < -0.4 is 14.3 Å². The summed E-state index contributed by atoms with van der Waals surface area (Å²) in [6.07, 6.45) is 1.22. The van der Waals surface area contributed by atoms with Crippen LogP contribution in [0.3, 0.4) is 0 Å². The van der Waals surface area contributed by atoms with Gasteiger partial charge >= 0.3 is 0 Å². The highest BCUT2D eigenvalue weighted by Crippen LogP contribution is 2.26. The first-order chi connectivity index (χ1) is 15.3. The fraction of sp³-hybridized carbons (Fsp3) is 0.364. The van der Waals surface area contributed by atoms with E-state index in [1.165, 1.54) is 34.9 Å². The number of aromatic nitrogens is 1. The minimum absolute atomic E-state index is 0.124. The third-order valence-corrected chi connectivity index (χ3v) is 8.63. The SMILES string of the molecule is COc1ccc(S(=O)(=O)N2CCCC(C(=O)N=c3sc4cc(OC)ccc4n3C)C2)cc1. The Morgan fingerprint density at radius 2 is 1.78 bits per heavy atom. The van der Waals surface area contributed by atoms with Gasteiger partial charge < -0.3 is 14.0 Å². The zero-order valence-electron chi connectivity index (χ0n) is 18.1. The molecule has 1 fully saturated rings. The summed E-state index contributed by atoms with van der Waals surface area (Å²) >= 11 is 1.40. The normalized spacial score (nSPS) is 18.1. The van der Waals surface area contributed by atoms with Crippen molar-refractivity contribution < 1.29 is 22.7 Å². The van der Waals surface area contributed by atoms with Gasteiger partial charge in [-0.1, -0.05) is 11.3 Å². The van der Waals surface area contributed by atoms with Crippen LogP contribution >= 0.6 is 11.3 Å². The van der Waals surface area contributed by atoms with Crippen LogP contribution in [0.5, 0.6) is 11.5 Å². The Morgan fingerprint density at radius 3 is 2.47 bits per heavy atom. The molecule has 1 saturated heterocycles. The molecule has 0 bridgehead atoms. The number of rotatable bonds is 5. The van der Waals surface area contributed by atoms with E-state index in [4.69, 9.17) is 9.47 Å².